The fourth-order valence-electron chi connectivity index (χ4n) is 1.94. The molecule has 122 valence electrons. The minimum absolute atomic E-state index is 0.906. The van der Waals surface area contributed by atoms with Crippen LogP contribution in [0.25, 0.3) is 20.9 Å². The molecule has 2 aliphatic rings. The Hall–Kier alpha value is -1.80. The third-order valence-electron chi connectivity index (χ3n) is 2.91. The van der Waals surface area contributed by atoms with Crippen molar-refractivity contribution in [3.8, 4) is 20.9 Å². The number of benzene rings is 2. The van der Waals surface area contributed by atoms with Crippen LogP contribution in [0.15, 0.2) is 65.1 Å². The first-order valence-electron chi connectivity index (χ1n) is 6.49. The van der Waals surface area contributed by atoms with Crippen molar-refractivity contribution in [1.82, 2.24) is 0 Å². The summed E-state index contributed by atoms with van der Waals surface area (Å²) in [6, 6.07) is 21.0. The summed E-state index contributed by atoms with van der Waals surface area (Å²) in [7, 11) is -2.49. The Morgan fingerprint density at radius 1 is 0.870 bits per heavy atom. The molecule has 0 amide bonds. The van der Waals surface area contributed by atoms with Crippen molar-refractivity contribution in [1.29, 1.82) is 0 Å². The maximum absolute atomic E-state index is 8.83. The summed E-state index contributed by atoms with van der Waals surface area (Å²) in [5.41, 5.74) is 3.41. The van der Waals surface area contributed by atoms with Crippen LogP contribution in [0.2, 0.25) is 0 Å². The molecule has 0 unspecified atom stereocenters. The van der Waals surface area contributed by atoms with E-state index in [0.717, 1.165) is 5.43 Å². The summed E-state index contributed by atoms with van der Waals surface area (Å²) in [5, 5.41) is 0. The predicted octanol–water partition coefficient (Wildman–Crippen LogP) is 1.19. The van der Waals surface area contributed by atoms with Gasteiger partial charge >= 0.3 is 34.3 Å². The third kappa shape index (κ3) is 5.72. The molecule has 1 heterocycles. The van der Waals surface area contributed by atoms with E-state index in [-0.39, 0.29) is 0 Å². The van der Waals surface area contributed by atoms with Gasteiger partial charge < -0.3 is 0 Å². The molecule has 23 heavy (non-hydrogen) atoms. The van der Waals surface area contributed by atoms with Crippen molar-refractivity contribution < 1.29 is 28.9 Å². The monoisotopic (exact) mass is 355 g/mol. The van der Waals surface area contributed by atoms with Gasteiger partial charge in [0.05, 0.1) is 6.07 Å². The molecular weight excluding hydrogens is 340 g/mol. The Labute approximate surface area is 139 Å². The minimum atomic E-state index is -4.19. The molecule has 1 aliphatic carbocycles. The van der Waals surface area contributed by atoms with Gasteiger partial charge in [0.1, 0.15) is 0 Å². The zero-order valence-corrected chi connectivity index (χ0v) is 13.8. The molecule has 0 saturated heterocycles. The summed E-state index contributed by atoms with van der Waals surface area (Å²) in [4.78, 5) is 2.52. The maximum atomic E-state index is 8.83. The van der Waals surface area contributed by atoms with Crippen LogP contribution < -0.4 is 10.1 Å². The van der Waals surface area contributed by atoms with Gasteiger partial charge in [-0.05, 0) is 23.3 Å². The number of hydrogen-bond acceptors (Lipinski definition) is 5. The molecule has 0 spiro atoms. The van der Waals surface area contributed by atoms with Crippen molar-refractivity contribution >= 4 is 11.3 Å². The quantitative estimate of drug-likeness (QED) is 0.571. The topological polar surface area (TPSA) is 95.1 Å². The molecule has 3 rings (SSSR count). The predicted molar refractivity (Wildman–Crippen MR) is 85.2 cm³/mol. The van der Waals surface area contributed by atoms with E-state index < -0.39 is 10.2 Å². The van der Waals surface area contributed by atoms with E-state index in [1.165, 1.54) is 20.9 Å². The number of fused-ring (bicyclic) bond motifs is 1. The molecule has 0 saturated carbocycles. The zero-order valence-electron chi connectivity index (χ0n) is 12.2. The first-order valence-corrected chi connectivity index (χ1v) is 8.63. The number of hydrogen-bond donors (Lipinski definition) is 3. The second kappa shape index (κ2) is 7.65. The second-order valence-electron chi connectivity index (χ2n) is 4.50. The van der Waals surface area contributed by atoms with Gasteiger partial charge in [0, 0.05) is 15.8 Å². The van der Waals surface area contributed by atoms with Gasteiger partial charge in [0.15, 0.2) is 0 Å². The molecule has 0 fully saturated rings. The van der Waals surface area contributed by atoms with Crippen LogP contribution in [-0.2, 0) is 0 Å². The number of halogens is 1. The molecule has 1 aromatic carbocycles. The fourth-order valence-corrected chi connectivity index (χ4v) is 3.00. The van der Waals surface area contributed by atoms with Crippen LogP contribution >= 0.6 is 11.3 Å². The summed E-state index contributed by atoms with van der Waals surface area (Å²) in [6.07, 6.45) is 0. The Balaban J connectivity index is 0.000000338. The van der Waals surface area contributed by atoms with E-state index in [2.05, 4.69) is 48.5 Å². The number of rotatable bonds is 1. The Morgan fingerprint density at radius 2 is 1.43 bits per heavy atom. The average Bonchev–Trinajstić information content (AvgIpc) is 2.53. The molecule has 0 bridgehead atoms. The average molecular weight is 356 g/mol. The summed E-state index contributed by atoms with van der Waals surface area (Å²) < 4.78 is 35.5. The van der Waals surface area contributed by atoms with E-state index >= 15 is 0 Å². The van der Waals surface area contributed by atoms with Crippen molar-refractivity contribution in [2.24, 2.45) is 0 Å². The van der Waals surface area contributed by atoms with Gasteiger partial charge in [0.2, 0.25) is 0 Å². The van der Waals surface area contributed by atoms with Crippen LogP contribution in [0.5, 0.6) is 0 Å². The van der Waals surface area contributed by atoms with Gasteiger partial charge in [-0.15, -0.1) is 11.3 Å². The standard InChI is InChI=1S/C16H13OS.ClH3O4/c1-17-14-9-7-13-8-10-15(18-16(13)11-14)12-5-3-2-4-6-12;2-1(3,4)5/h2-11H,1H3;2-4H/q+1;. The molecule has 1 aromatic rings. The third-order valence-corrected chi connectivity index (χ3v) is 4.08. The molecule has 0 atom stereocenters. The second-order valence-corrected chi connectivity index (χ2v) is 6.45. The van der Waals surface area contributed by atoms with Crippen LogP contribution in [0, 0.1) is 10.2 Å². The zero-order chi connectivity index (χ0) is 16.9. The Bertz CT molecular complexity index is 789. The van der Waals surface area contributed by atoms with Crippen molar-refractivity contribution in [2.75, 3.05) is 7.11 Å². The van der Waals surface area contributed by atoms with Crippen molar-refractivity contribution in [3.63, 3.8) is 0 Å². The van der Waals surface area contributed by atoms with E-state index in [1.807, 2.05) is 12.1 Å². The summed E-state index contributed by atoms with van der Waals surface area (Å²) >= 11 is 1.79. The Morgan fingerprint density at radius 3 is 2.04 bits per heavy atom. The summed E-state index contributed by atoms with van der Waals surface area (Å²) in [6.45, 7) is 0. The van der Waals surface area contributed by atoms with Gasteiger partial charge in [-0.1, -0.05) is 36.4 Å². The molecule has 0 aromatic heterocycles. The molecule has 1 aliphatic heterocycles. The molecule has 0 radical (unpaired) electrons. The molecule has 5 nitrogen and oxygen atoms in total. The van der Waals surface area contributed by atoms with Crippen LogP contribution in [0.4, 0.5) is 0 Å². The van der Waals surface area contributed by atoms with Gasteiger partial charge in [0.25, 0.3) is 7.11 Å². The van der Waals surface area contributed by atoms with Gasteiger partial charge in [-0.3, -0.25) is 4.42 Å². The van der Waals surface area contributed by atoms with Gasteiger partial charge in [-0.2, -0.15) is 0 Å². The van der Waals surface area contributed by atoms with Gasteiger partial charge in [-0.25, -0.2) is 0 Å². The molecule has 7 heteroatoms. The van der Waals surface area contributed by atoms with Crippen LogP contribution in [0.1, 0.15) is 0 Å². The molecule has 3 N–H and O–H groups in total. The van der Waals surface area contributed by atoms with Crippen LogP contribution in [-0.4, -0.2) is 21.1 Å². The SMILES string of the molecule is C[O+]=c1ccc2ccc(-c3ccccc3)sc-2c1.[O-][Cl+](O)(O)O. The van der Waals surface area contributed by atoms with E-state index in [4.69, 9.17) is 23.1 Å². The van der Waals surface area contributed by atoms with E-state index in [1.54, 1.807) is 18.4 Å². The van der Waals surface area contributed by atoms with E-state index in [9.17, 15) is 0 Å². The first kappa shape index (κ1) is 17.6. The Kier molecular flexibility index (Phi) is 5.84. The molecular formula is C16H16ClO5S+. The fraction of sp³-hybridized carbons (Fsp3) is 0.0625. The van der Waals surface area contributed by atoms with E-state index in [0.29, 0.717) is 0 Å². The normalized spacial score (nSPS) is 12.7. The van der Waals surface area contributed by atoms with Crippen LogP contribution in [0.3, 0.4) is 0 Å². The van der Waals surface area contributed by atoms with Crippen molar-refractivity contribution in [2.45, 2.75) is 0 Å². The first-order chi connectivity index (χ1) is 10.9. The summed E-state index contributed by atoms with van der Waals surface area (Å²) in [5.74, 6) is 0. The van der Waals surface area contributed by atoms with Crippen molar-refractivity contribution in [3.05, 3.63) is 70.5 Å².